The van der Waals surface area contributed by atoms with Gasteiger partial charge in [-0.25, -0.2) is 4.39 Å². The number of halogens is 1. The normalized spacial score (nSPS) is 12.8. The zero-order valence-electron chi connectivity index (χ0n) is 7.12. The standard InChI is InChI=1S/C8H10FNO2S/c1-12-5-13(11)8-3-6(9)2-7(10)4-8/h2-4H,5,10H2,1H3. The van der Waals surface area contributed by atoms with Gasteiger partial charge in [0.15, 0.2) is 0 Å². The Morgan fingerprint density at radius 2 is 2.23 bits per heavy atom. The molecule has 0 saturated carbocycles. The predicted molar refractivity (Wildman–Crippen MR) is 49.1 cm³/mol. The van der Waals surface area contributed by atoms with E-state index in [-0.39, 0.29) is 11.6 Å². The minimum atomic E-state index is -1.35. The number of hydrogen-bond acceptors (Lipinski definition) is 3. The van der Waals surface area contributed by atoms with Crippen molar-refractivity contribution < 1.29 is 13.3 Å². The molecular weight excluding hydrogens is 193 g/mol. The summed E-state index contributed by atoms with van der Waals surface area (Å²) < 4.78 is 28.8. The molecule has 5 heteroatoms. The number of methoxy groups -OCH3 is 1. The molecule has 0 aliphatic heterocycles. The van der Waals surface area contributed by atoms with Gasteiger partial charge in [-0.05, 0) is 18.2 Å². The molecule has 0 fully saturated rings. The molecule has 2 N–H and O–H groups in total. The largest absolute Gasteiger partial charge is 0.399 e. The van der Waals surface area contributed by atoms with E-state index in [9.17, 15) is 8.60 Å². The summed E-state index contributed by atoms with van der Waals surface area (Å²) in [5, 5.41) is 0. The molecule has 13 heavy (non-hydrogen) atoms. The Morgan fingerprint density at radius 3 is 2.77 bits per heavy atom. The number of nitrogens with two attached hydrogens (primary N) is 1. The Bertz CT molecular complexity index is 310. The van der Waals surface area contributed by atoms with Crippen LogP contribution in [0.25, 0.3) is 0 Å². The lowest BCUT2D eigenvalue weighted by molar-refractivity contribution is 0.254. The summed E-state index contributed by atoms with van der Waals surface area (Å²) in [5.74, 6) is -0.442. The average molecular weight is 203 g/mol. The second kappa shape index (κ2) is 4.34. The van der Waals surface area contributed by atoms with Crippen molar-refractivity contribution in [2.75, 3.05) is 18.8 Å². The number of nitrogen functional groups attached to an aromatic ring is 1. The van der Waals surface area contributed by atoms with Gasteiger partial charge in [-0.15, -0.1) is 0 Å². The number of ether oxygens (including phenoxy) is 1. The minimum Gasteiger partial charge on any atom is -0.399 e. The Hall–Kier alpha value is -0.940. The van der Waals surface area contributed by atoms with Gasteiger partial charge < -0.3 is 10.5 Å². The number of hydrogen-bond donors (Lipinski definition) is 1. The van der Waals surface area contributed by atoms with E-state index < -0.39 is 16.6 Å². The van der Waals surface area contributed by atoms with Crippen molar-refractivity contribution in [3.05, 3.63) is 24.0 Å². The van der Waals surface area contributed by atoms with Gasteiger partial charge in [0.1, 0.15) is 11.8 Å². The van der Waals surface area contributed by atoms with Crippen LogP contribution in [0.15, 0.2) is 23.1 Å². The van der Waals surface area contributed by atoms with Crippen LogP contribution in [0.3, 0.4) is 0 Å². The molecule has 1 aromatic rings. The molecule has 0 aliphatic rings. The Morgan fingerprint density at radius 1 is 1.54 bits per heavy atom. The maximum Gasteiger partial charge on any atom is 0.126 e. The van der Waals surface area contributed by atoms with E-state index in [1.54, 1.807) is 0 Å². The van der Waals surface area contributed by atoms with Gasteiger partial charge in [-0.2, -0.15) is 0 Å². The monoisotopic (exact) mass is 203 g/mol. The van der Waals surface area contributed by atoms with E-state index in [4.69, 9.17) is 5.73 Å². The fraction of sp³-hybridized carbons (Fsp3) is 0.250. The van der Waals surface area contributed by atoms with E-state index in [2.05, 4.69) is 4.74 Å². The molecule has 0 amide bonds. The molecule has 0 heterocycles. The molecule has 3 nitrogen and oxygen atoms in total. The molecular formula is C8H10FNO2S. The van der Waals surface area contributed by atoms with E-state index in [1.165, 1.54) is 25.3 Å². The second-order valence-corrected chi connectivity index (χ2v) is 3.87. The highest BCUT2D eigenvalue weighted by Gasteiger charge is 2.05. The third kappa shape index (κ3) is 2.78. The van der Waals surface area contributed by atoms with Gasteiger partial charge >= 0.3 is 0 Å². The summed E-state index contributed by atoms with van der Waals surface area (Å²) in [7, 11) is 0.0849. The minimum absolute atomic E-state index is 0.0445. The quantitative estimate of drug-likeness (QED) is 0.749. The SMILES string of the molecule is COCS(=O)c1cc(N)cc(F)c1. The Kier molecular flexibility index (Phi) is 3.39. The maximum absolute atomic E-state index is 12.8. The van der Waals surface area contributed by atoms with E-state index >= 15 is 0 Å². The summed E-state index contributed by atoms with van der Waals surface area (Å²) in [5.41, 5.74) is 5.64. The molecule has 0 radical (unpaired) electrons. The molecule has 1 aromatic carbocycles. The van der Waals surface area contributed by atoms with Crippen LogP contribution >= 0.6 is 0 Å². The van der Waals surface area contributed by atoms with Gasteiger partial charge in [0.2, 0.25) is 0 Å². The van der Waals surface area contributed by atoms with Crippen molar-refractivity contribution in [3.63, 3.8) is 0 Å². The van der Waals surface area contributed by atoms with Crippen LogP contribution in [0, 0.1) is 5.82 Å². The molecule has 1 atom stereocenters. The van der Waals surface area contributed by atoms with Crippen molar-refractivity contribution in [1.82, 2.24) is 0 Å². The lowest BCUT2D eigenvalue weighted by Gasteiger charge is -2.02. The van der Waals surface area contributed by atoms with Gasteiger partial charge in [0.25, 0.3) is 0 Å². The van der Waals surface area contributed by atoms with E-state index in [0.717, 1.165) is 0 Å². The van der Waals surface area contributed by atoms with Crippen LogP contribution in [-0.2, 0) is 15.5 Å². The third-order valence-electron chi connectivity index (χ3n) is 1.38. The fourth-order valence-corrected chi connectivity index (χ4v) is 1.75. The molecule has 1 unspecified atom stereocenters. The zero-order chi connectivity index (χ0) is 9.84. The molecule has 0 spiro atoms. The van der Waals surface area contributed by atoms with Crippen LogP contribution in [0.5, 0.6) is 0 Å². The molecule has 0 saturated heterocycles. The van der Waals surface area contributed by atoms with Crippen LogP contribution in [0.4, 0.5) is 10.1 Å². The van der Waals surface area contributed by atoms with Crippen LogP contribution < -0.4 is 5.73 Å². The first-order valence-electron chi connectivity index (χ1n) is 3.57. The molecule has 1 rings (SSSR count). The summed E-state index contributed by atoms with van der Waals surface area (Å²) in [6.07, 6.45) is 0. The molecule has 0 bridgehead atoms. The molecule has 72 valence electrons. The lowest BCUT2D eigenvalue weighted by Crippen LogP contribution is -2.01. The van der Waals surface area contributed by atoms with E-state index in [0.29, 0.717) is 4.90 Å². The highest BCUT2D eigenvalue weighted by Crippen LogP contribution is 2.14. The number of benzene rings is 1. The van der Waals surface area contributed by atoms with Gasteiger partial charge in [-0.1, -0.05) is 0 Å². The Balaban J connectivity index is 2.94. The molecule has 0 aromatic heterocycles. The van der Waals surface area contributed by atoms with Crippen LogP contribution in [0.2, 0.25) is 0 Å². The second-order valence-electron chi connectivity index (χ2n) is 2.47. The molecule has 0 aliphatic carbocycles. The van der Waals surface area contributed by atoms with Crippen LogP contribution in [0.1, 0.15) is 0 Å². The predicted octanol–water partition coefficient (Wildman–Crippen LogP) is 1.12. The summed E-state index contributed by atoms with van der Waals surface area (Å²) in [6, 6.07) is 3.83. The van der Waals surface area contributed by atoms with Crippen LogP contribution in [-0.4, -0.2) is 17.3 Å². The fourth-order valence-electron chi connectivity index (χ4n) is 0.891. The summed E-state index contributed by atoms with van der Waals surface area (Å²) in [4.78, 5) is 0.347. The van der Waals surface area contributed by atoms with Crippen molar-refractivity contribution >= 4 is 16.5 Å². The first-order valence-corrected chi connectivity index (χ1v) is 4.89. The Labute approximate surface area is 78.2 Å². The number of rotatable bonds is 3. The maximum atomic E-state index is 12.8. The highest BCUT2D eigenvalue weighted by molar-refractivity contribution is 7.84. The summed E-state index contributed by atoms with van der Waals surface area (Å²) >= 11 is 0. The third-order valence-corrected chi connectivity index (χ3v) is 2.59. The summed E-state index contributed by atoms with van der Waals surface area (Å²) in [6.45, 7) is 0. The zero-order valence-corrected chi connectivity index (χ0v) is 7.94. The average Bonchev–Trinajstić information content (AvgIpc) is 2.03. The highest BCUT2D eigenvalue weighted by atomic mass is 32.2. The van der Waals surface area contributed by atoms with Crippen molar-refractivity contribution in [2.45, 2.75) is 4.90 Å². The van der Waals surface area contributed by atoms with Crippen molar-refractivity contribution in [3.8, 4) is 0 Å². The van der Waals surface area contributed by atoms with Gasteiger partial charge in [0, 0.05) is 17.7 Å². The van der Waals surface area contributed by atoms with Crippen molar-refractivity contribution in [1.29, 1.82) is 0 Å². The topological polar surface area (TPSA) is 52.3 Å². The van der Waals surface area contributed by atoms with E-state index in [1.807, 2.05) is 0 Å². The van der Waals surface area contributed by atoms with Crippen molar-refractivity contribution in [2.24, 2.45) is 0 Å². The first-order chi connectivity index (χ1) is 6.13. The first kappa shape index (κ1) is 10.1. The smallest absolute Gasteiger partial charge is 0.126 e. The number of anilines is 1. The lowest BCUT2D eigenvalue weighted by atomic mass is 10.3. The van der Waals surface area contributed by atoms with Gasteiger partial charge in [0.05, 0.1) is 10.8 Å². The van der Waals surface area contributed by atoms with Gasteiger partial charge in [-0.3, -0.25) is 4.21 Å².